The number of likely N-dealkylation sites (tertiary alicyclic amines) is 1. The molecule has 1 aliphatic rings. The first-order valence-corrected chi connectivity index (χ1v) is 8.99. The van der Waals surface area contributed by atoms with E-state index in [4.69, 9.17) is 5.73 Å². The zero-order valence-corrected chi connectivity index (χ0v) is 15.5. The van der Waals surface area contributed by atoms with Crippen LogP contribution < -0.4 is 16.4 Å². The van der Waals surface area contributed by atoms with Crippen LogP contribution in [-0.2, 0) is 11.2 Å². The number of benzene rings is 1. The van der Waals surface area contributed by atoms with Gasteiger partial charge in [0.15, 0.2) is 0 Å². The van der Waals surface area contributed by atoms with Gasteiger partial charge in [0, 0.05) is 31.4 Å². The molecule has 0 bridgehead atoms. The summed E-state index contributed by atoms with van der Waals surface area (Å²) < 4.78 is 0. The summed E-state index contributed by atoms with van der Waals surface area (Å²) in [4.78, 5) is 26.1. The number of nitrogens with two attached hydrogens (primary N) is 1. The third kappa shape index (κ3) is 5.46. The topological polar surface area (TPSA) is 87.5 Å². The maximum atomic E-state index is 12.5. The van der Waals surface area contributed by atoms with Crippen LogP contribution in [0.5, 0.6) is 0 Å². The zero-order chi connectivity index (χ0) is 18.4. The molecule has 0 aliphatic carbocycles. The number of nitrogens with one attached hydrogen (secondary N) is 2. The molecule has 1 saturated heterocycles. The summed E-state index contributed by atoms with van der Waals surface area (Å²) >= 11 is 0. The van der Waals surface area contributed by atoms with Crippen molar-refractivity contribution in [1.82, 2.24) is 10.2 Å². The standard InChI is InChI=1S/C19H30N4O2/c1-4-10-21-18(25)22-15-7-5-14(6-8-15)12-17(24)23-11-9-16(20)19(2,3)13-23/h5-8,16H,4,9-13,20H2,1-3H3,(H2,21,22,25). The first-order chi connectivity index (χ1) is 11.8. The van der Waals surface area contributed by atoms with Crippen LogP contribution >= 0.6 is 0 Å². The van der Waals surface area contributed by atoms with Crippen molar-refractivity contribution in [2.24, 2.45) is 11.1 Å². The minimum absolute atomic E-state index is 0.0481. The number of carbonyl (C=O) groups is 2. The van der Waals surface area contributed by atoms with Crippen molar-refractivity contribution in [3.05, 3.63) is 29.8 Å². The summed E-state index contributed by atoms with van der Waals surface area (Å²) in [6.45, 7) is 8.30. The fourth-order valence-electron chi connectivity index (χ4n) is 2.99. The predicted octanol–water partition coefficient (Wildman–Crippen LogP) is 2.35. The minimum Gasteiger partial charge on any atom is -0.342 e. The van der Waals surface area contributed by atoms with E-state index < -0.39 is 0 Å². The SMILES string of the molecule is CCCNC(=O)Nc1ccc(CC(=O)N2CCC(N)C(C)(C)C2)cc1. The lowest BCUT2D eigenvalue weighted by Crippen LogP contribution is -2.54. The number of anilines is 1. The smallest absolute Gasteiger partial charge is 0.319 e. The third-order valence-corrected chi connectivity index (χ3v) is 4.77. The van der Waals surface area contributed by atoms with E-state index in [1.54, 1.807) is 0 Å². The number of carbonyl (C=O) groups excluding carboxylic acids is 2. The second-order valence-electron chi connectivity index (χ2n) is 7.45. The van der Waals surface area contributed by atoms with Gasteiger partial charge in [-0.3, -0.25) is 4.79 Å². The summed E-state index contributed by atoms with van der Waals surface area (Å²) in [6.07, 6.45) is 2.11. The molecule has 0 radical (unpaired) electrons. The van der Waals surface area contributed by atoms with Gasteiger partial charge in [-0.15, -0.1) is 0 Å². The lowest BCUT2D eigenvalue weighted by Gasteiger charge is -2.42. The molecule has 6 nitrogen and oxygen atoms in total. The number of urea groups is 1. The van der Waals surface area contributed by atoms with Gasteiger partial charge in [0.05, 0.1) is 6.42 Å². The van der Waals surface area contributed by atoms with E-state index in [2.05, 4.69) is 24.5 Å². The number of piperidine rings is 1. The number of nitrogens with zero attached hydrogens (tertiary/aromatic N) is 1. The maximum absolute atomic E-state index is 12.5. The molecule has 138 valence electrons. The van der Waals surface area contributed by atoms with Crippen molar-refractivity contribution in [2.75, 3.05) is 25.0 Å². The molecule has 6 heteroatoms. The van der Waals surface area contributed by atoms with Gasteiger partial charge in [-0.1, -0.05) is 32.9 Å². The van der Waals surface area contributed by atoms with Crippen LogP contribution in [0.25, 0.3) is 0 Å². The highest BCUT2D eigenvalue weighted by molar-refractivity contribution is 5.89. The van der Waals surface area contributed by atoms with Gasteiger partial charge in [0.2, 0.25) is 5.91 Å². The molecule has 0 aromatic heterocycles. The molecule has 0 saturated carbocycles. The Balaban J connectivity index is 1.88. The Morgan fingerprint density at radius 1 is 1.28 bits per heavy atom. The molecule has 1 aromatic carbocycles. The maximum Gasteiger partial charge on any atom is 0.319 e. The van der Waals surface area contributed by atoms with E-state index in [0.29, 0.717) is 19.5 Å². The van der Waals surface area contributed by atoms with Crippen LogP contribution in [0, 0.1) is 5.41 Å². The van der Waals surface area contributed by atoms with Gasteiger partial charge in [-0.05, 0) is 36.0 Å². The Bertz CT molecular complexity index is 598. The van der Waals surface area contributed by atoms with Crippen molar-refractivity contribution < 1.29 is 9.59 Å². The fraction of sp³-hybridized carbons (Fsp3) is 0.579. The van der Waals surface area contributed by atoms with Crippen LogP contribution in [0.1, 0.15) is 39.2 Å². The molecular weight excluding hydrogens is 316 g/mol. The van der Waals surface area contributed by atoms with E-state index in [0.717, 1.165) is 30.6 Å². The Morgan fingerprint density at radius 2 is 1.96 bits per heavy atom. The number of amides is 3. The molecule has 25 heavy (non-hydrogen) atoms. The third-order valence-electron chi connectivity index (χ3n) is 4.77. The van der Waals surface area contributed by atoms with Crippen LogP contribution in [-0.4, -0.2) is 42.5 Å². The highest BCUT2D eigenvalue weighted by atomic mass is 16.2. The fourth-order valence-corrected chi connectivity index (χ4v) is 2.99. The number of hydrogen-bond donors (Lipinski definition) is 3. The highest BCUT2D eigenvalue weighted by Crippen LogP contribution is 2.28. The first-order valence-electron chi connectivity index (χ1n) is 8.99. The molecule has 4 N–H and O–H groups in total. The average Bonchev–Trinajstić information content (AvgIpc) is 2.57. The lowest BCUT2D eigenvalue weighted by atomic mass is 9.79. The van der Waals surface area contributed by atoms with E-state index >= 15 is 0 Å². The molecule has 1 atom stereocenters. The van der Waals surface area contributed by atoms with Crippen LogP contribution in [0.15, 0.2) is 24.3 Å². The normalized spacial score (nSPS) is 19.4. The molecule has 2 rings (SSSR count). The van der Waals surface area contributed by atoms with Gasteiger partial charge in [0.1, 0.15) is 0 Å². The Morgan fingerprint density at radius 3 is 2.56 bits per heavy atom. The van der Waals surface area contributed by atoms with Crippen molar-refractivity contribution in [3.8, 4) is 0 Å². The number of hydrogen-bond acceptors (Lipinski definition) is 3. The van der Waals surface area contributed by atoms with E-state index in [1.165, 1.54) is 0 Å². The molecule has 1 heterocycles. The van der Waals surface area contributed by atoms with Gasteiger partial charge in [-0.25, -0.2) is 4.79 Å². The quantitative estimate of drug-likeness (QED) is 0.765. The summed E-state index contributed by atoms with van der Waals surface area (Å²) in [5.41, 5.74) is 7.75. The Labute approximate surface area is 150 Å². The van der Waals surface area contributed by atoms with Crippen molar-refractivity contribution >= 4 is 17.6 Å². The summed E-state index contributed by atoms with van der Waals surface area (Å²) in [5, 5.41) is 5.54. The lowest BCUT2D eigenvalue weighted by molar-refractivity contribution is -0.133. The average molecular weight is 346 g/mol. The zero-order valence-electron chi connectivity index (χ0n) is 15.5. The Hall–Kier alpha value is -2.08. The summed E-state index contributed by atoms with van der Waals surface area (Å²) in [5.74, 6) is 0.126. The molecular formula is C19H30N4O2. The van der Waals surface area contributed by atoms with E-state index in [1.807, 2.05) is 36.1 Å². The highest BCUT2D eigenvalue weighted by Gasteiger charge is 2.35. The van der Waals surface area contributed by atoms with Gasteiger partial charge < -0.3 is 21.3 Å². The van der Waals surface area contributed by atoms with Crippen LogP contribution in [0.3, 0.4) is 0 Å². The molecule has 0 spiro atoms. The predicted molar refractivity (Wildman–Crippen MR) is 100 cm³/mol. The second-order valence-corrected chi connectivity index (χ2v) is 7.45. The van der Waals surface area contributed by atoms with Gasteiger partial charge >= 0.3 is 6.03 Å². The van der Waals surface area contributed by atoms with Gasteiger partial charge in [-0.2, -0.15) is 0 Å². The molecule has 3 amide bonds. The molecule has 1 unspecified atom stereocenters. The largest absolute Gasteiger partial charge is 0.342 e. The van der Waals surface area contributed by atoms with E-state index in [-0.39, 0.29) is 23.4 Å². The molecule has 1 aliphatic heterocycles. The monoisotopic (exact) mass is 346 g/mol. The summed E-state index contributed by atoms with van der Waals surface area (Å²) in [6, 6.07) is 7.34. The van der Waals surface area contributed by atoms with Crippen molar-refractivity contribution in [2.45, 2.75) is 46.1 Å². The van der Waals surface area contributed by atoms with Crippen LogP contribution in [0.2, 0.25) is 0 Å². The van der Waals surface area contributed by atoms with Crippen molar-refractivity contribution in [1.29, 1.82) is 0 Å². The number of rotatable bonds is 5. The van der Waals surface area contributed by atoms with Crippen molar-refractivity contribution in [3.63, 3.8) is 0 Å². The second kappa shape index (κ2) is 8.34. The Kier molecular flexibility index (Phi) is 6.42. The van der Waals surface area contributed by atoms with Crippen LogP contribution in [0.4, 0.5) is 10.5 Å². The van der Waals surface area contributed by atoms with E-state index in [9.17, 15) is 9.59 Å². The minimum atomic E-state index is -0.211. The first kappa shape index (κ1) is 19.2. The van der Waals surface area contributed by atoms with Gasteiger partial charge in [0.25, 0.3) is 0 Å². The summed E-state index contributed by atoms with van der Waals surface area (Å²) in [7, 11) is 0. The molecule has 1 fully saturated rings. The molecule has 1 aromatic rings.